The number of hydrogen-bond donors (Lipinski definition) is 2. The molecule has 2 aromatic heterocycles. The zero-order valence-corrected chi connectivity index (χ0v) is 18.7. The van der Waals surface area contributed by atoms with Gasteiger partial charge in [0.25, 0.3) is 5.91 Å². The fraction of sp³-hybridized carbons (Fsp3) is 0.391. The summed E-state index contributed by atoms with van der Waals surface area (Å²) in [6.07, 6.45) is 1.01. The van der Waals surface area contributed by atoms with Crippen LogP contribution in [0, 0.1) is 6.92 Å². The number of amides is 1. The standard InChI is InChI=1S/C23H28ClN5O/c1-14-17(23(30)28(3)4)6-8-21(26-14)25-10-12-29-11-9-18-19-13-16(24)5-7-20(19)27-22(18)15(29)2/h5-8,13,15,27H,9-12H2,1-4H3,(H,25,26). The second-order valence-corrected chi connectivity index (χ2v) is 8.56. The summed E-state index contributed by atoms with van der Waals surface area (Å²) in [4.78, 5) is 24.4. The van der Waals surface area contributed by atoms with Gasteiger partial charge in [-0.25, -0.2) is 4.98 Å². The van der Waals surface area contributed by atoms with E-state index in [-0.39, 0.29) is 5.91 Å². The van der Waals surface area contributed by atoms with Gasteiger partial charge in [0.1, 0.15) is 5.82 Å². The van der Waals surface area contributed by atoms with Crippen LogP contribution >= 0.6 is 11.6 Å². The van der Waals surface area contributed by atoms with Gasteiger partial charge < -0.3 is 15.2 Å². The average Bonchev–Trinajstić information content (AvgIpc) is 3.08. The van der Waals surface area contributed by atoms with Crippen molar-refractivity contribution in [3.05, 3.63) is 57.9 Å². The molecule has 0 radical (unpaired) electrons. The summed E-state index contributed by atoms with van der Waals surface area (Å²) in [5.74, 6) is 0.775. The van der Waals surface area contributed by atoms with Crippen molar-refractivity contribution < 1.29 is 4.79 Å². The molecule has 1 aromatic carbocycles. The third-order valence-corrected chi connectivity index (χ3v) is 6.18. The second kappa shape index (κ2) is 8.28. The van der Waals surface area contributed by atoms with Crippen LogP contribution in [-0.4, -0.2) is 59.4 Å². The van der Waals surface area contributed by atoms with E-state index in [1.165, 1.54) is 16.6 Å². The molecule has 0 bridgehead atoms. The van der Waals surface area contributed by atoms with E-state index in [1.807, 2.05) is 25.1 Å². The number of hydrogen-bond acceptors (Lipinski definition) is 4. The van der Waals surface area contributed by atoms with Crippen LogP contribution in [-0.2, 0) is 6.42 Å². The number of carbonyl (C=O) groups excluding carboxylic acids is 1. The van der Waals surface area contributed by atoms with E-state index in [4.69, 9.17) is 11.6 Å². The van der Waals surface area contributed by atoms with Crippen molar-refractivity contribution in [2.45, 2.75) is 26.3 Å². The molecular formula is C23H28ClN5O. The van der Waals surface area contributed by atoms with Gasteiger partial charge >= 0.3 is 0 Å². The van der Waals surface area contributed by atoms with Crippen molar-refractivity contribution in [2.24, 2.45) is 0 Å². The van der Waals surface area contributed by atoms with Crippen LogP contribution in [0.4, 0.5) is 5.82 Å². The molecule has 7 heteroatoms. The topological polar surface area (TPSA) is 64.3 Å². The zero-order valence-electron chi connectivity index (χ0n) is 17.9. The number of fused-ring (bicyclic) bond motifs is 3. The van der Waals surface area contributed by atoms with Gasteiger partial charge in [-0.2, -0.15) is 0 Å². The average molecular weight is 426 g/mol. The lowest BCUT2D eigenvalue weighted by atomic mass is 9.98. The number of halogens is 1. The predicted molar refractivity (Wildman–Crippen MR) is 122 cm³/mol. The minimum absolute atomic E-state index is 0.0240. The van der Waals surface area contributed by atoms with Gasteiger partial charge in [-0.15, -0.1) is 0 Å². The lowest BCUT2D eigenvalue weighted by Crippen LogP contribution is -2.37. The Morgan fingerprint density at radius 3 is 2.87 bits per heavy atom. The molecular weight excluding hydrogens is 398 g/mol. The van der Waals surface area contributed by atoms with E-state index in [9.17, 15) is 4.79 Å². The van der Waals surface area contributed by atoms with Crippen molar-refractivity contribution in [1.82, 2.24) is 19.8 Å². The summed E-state index contributed by atoms with van der Waals surface area (Å²) in [6.45, 7) is 6.84. The minimum Gasteiger partial charge on any atom is -0.369 e. The van der Waals surface area contributed by atoms with Crippen LogP contribution in [0.1, 0.15) is 40.3 Å². The number of rotatable bonds is 5. The molecule has 158 valence electrons. The summed E-state index contributed by atoms with van der Waals surface area (Å²) in [5.41, 5.74) is 5.22. The maximum atomic E-state index is 12.2. The van der Waals surface area contributed by atoms with E-state index in [0.717, 1.165) is 48.1 Å². The van der Waals surface area contributed by atoms with Crippen LogP contribution in [0.15, 0.2) is 30.3 Å². The quantitative estimate of drug-likeness (QED) is 0.641. The number of carbonyl (C=O) groups is 1. The van der Waals surface area contributed by atoms with Crippen molar-refractivity contribution in [2.75, 3.05) is 39.0 Å². The van der Waals surface area contributed by atoms with Crippen molar-refractivity contribution in [3.8, 4) is 0 Å². The molecule has 0 fully saturated rings. The molecule has 3 aromatic rings. The van der Waals surface area contributed by atoms with Crippen LogP contribution in [0.2, 0.25) is 5.02 Å². The molecule has 0 saturated heterocycles. The smallest absolute Gasteiger partial charge is 0.255 e. The van der Waals surface area contributed by atoms with E-state index < -0.39 is 0 Å². The normalized spacial score (nSPS) is 16.5. The molecule has 30 heavy (non-hydrogen) atoms. The number of aromatic nitrogens is 2. The number of nitrogens with one attached hydrogen (secondary N) is 2. The Bertz CT molecular complexity index is 1090. The Morgan fingerprint density at radius 1 is 1.33 bits per heavy atom. The lowest BCUT2D eigenvalue weighted by molar-refractivity contribution is 0.0826. The number of aryl methyl sites for hydroxylation is 1. The van der Waals surface area contributed by atoms with Crippen molar-refractivity contribution >= 4 is 34.2 Å². The van der Waals surface area contributed by atoms with Gasteiger partial charge in [0.2, 0.25) is 0 Å². The first-order chi connectivity index (χ1) is 14.3. The summed E-state index contributed by atoms with van der Waals surface area (Å²) in [5, 5.41) is 5.43. The van der Waals surface area contributed by atoms with Gasteiger partial charge in [0, 0.05) is 61.4 Å². The summed E-state index contributed by atoms with van der Waals surface area (Å²) < 4.78 is 0. The number of H-pyrrole nitrogens is 1. The van der Waals surface area contributed by atoms with Gasteiger partial charge in [-0.05, 0) is 56.2 Å². The Morgan fingerprint density at radius 2 is 2.13 bits per heavy atom. The first kappa shape index (κ1) is 20.7. The Kier molecular flexibility index (Phi) is 5.71. The molecule has 0 saturated carbocycles. The monoisotopic (exact) mass is 425 g/mol. The third-order valence-electron chi connectivity index (χ3n) is 5.94. The van der Waals surface area contributed by atoms with Gasteiger partial charge in [-0.3, -0.25) is 9.69 Å². The highest BCUT2D eigenvalue weighted by molar-refractivity contribution is 6.31. The lowest BCUT2D eigenvalue weighted by Gasteiger charge is -2.33. The van der Waals surface area contributed by atoms with E-state index >= 15 is 0 Å². The minimum atomic E-state index is -0.0240. The van der Waals surface area contributed by atoms with Gasteiger partial charge in [0.15, 0.2) is 0 Å². The molecule has 6 nitrogen and oxygen atoms in total. The molecule has 1 aliphatic rings. The number of benzene rings is 1. The highest BCUT2D eigenvalue weighted by Gasteiger charge is 2.26. The summed E-state index contributed by atoms with van der Waals surface area (Å²) in [7, 11) is 3.50. The Labute approximate surface area is 182 Å². The number of anilines is 1. The van der Waals surface area contributed by atoms with Crippen LogP contribution < -0.4 is 5.32 Å². The number of aromatic amines is 1. The van der Waals surface area contributed by atoms with E-state index in [0.29, 0.717) is 11.6 Å². The largest absolute Gasteiger partial charge is 0.369 e. The second-order valence-electron chi connectivity index (χ2n) is 8.12. The molecule has 3 heterocycles. The highest BCUT2D eigenvalue weighted by Crippen LogP contribution is 2.35. The SMILES string of the molecule is Cc1nc(NCCN2CCc3c([nH]c4ccc(Cl)cc34)C2C)ccc1C(=O)N(C)C. The third kappa shape index (κ3) is 3.89. The van der Waals surface area contributed by atoms with Crippen LogP contribution in [0.3, 0.4) is 0 Å². The molecule has 1 amide bonds. The molecule has 4 rings (SSSR count). The first-order valence-electron chi connectivity index (χ1n) is 10.3. The van der Waals surface area contributed by atoms with E-state index in [1.54, 1.807) is 19.0 Å². The highest BCUT2D eigenvalue weighted by atomic mass is 35.5. The molecule has 1 unspecified atom stereocenters. The summed E-state index contributed by atoms with van der Waals surface area (Å²) >= 11 is 6.20. The van der Waals surface area contributed by atoms with Gasteiger partial charge in [-0.1, -0.05) is 11.6 Å². The van der Waals surface area contributed by atoms with Crippen LogP contribution in [0.5, 0.6) is 0 Å². The maximum absolute atomic E-state index is 12.2. The van der Waals surface area contributed by atoms with E-state index in [2.05, 4.69) is 39.2 Å². The summed E-state index contributed by atoms with van der Waals surface area (Å²) in [6, 6.07) is 10.1. The van der Waals surface area contributed by atoms with Crippen molar-refractivity contribution in [1.29, 1.82) is 0 Å². The fourth-order valence-corrected chi connectivity index (χ4v) is 4.43. The Balaban J connectivity index is 1.40. The number of nitrogens with zero attached hydrogens (tertiary/aromatic N) is 3. The van der Waals surface area contributed by atoms with Gasteiger partial charge in [0.05, 0.1) is 11.3 Å². The van der Waals surface area contributed by atoms with Crippen molar-refractivity contribution in [3.63, 3.8) is 0 Å². The molecule has 0 spiro atoms. The fourth-order valence-electron chi connectivity index (χ4n) is 4.26. The Hall–Kier alpha value is -2.57. The predicted octanol–water partition coefficient (Wildman–Crippen LogP) is 4.26. The maximum Gasteiger partial charge on any atom is 0.255 e. The first-order valence-corrected chi connectivity index (χ1v) is 10.7. The molecule has 2 N–H and O–H groups in total. The number of pyridine rings is 1. The molecule has 1 atom stereocenters. The van der Waals surface area contributed by atoms with Crippen LogP contribution in [0.25, 0.3) is 10.9 Å². The zero-order chi connectivity index (χ0) is 21.4. The molecule has 0 aliphatic carbocycles. The molecule has 1 aliphatic heterocycles.